The number of carbonyl (C=O) groups excluding carboxylic acids is 1. The molecule has 1 aliphatic carbocycles. The number of nitrogens with zero attached hydrogens (tertiary/aromatic N) is 1. The van der Waals surface area contributed by atoms with Gasteiger partial charge in [-0.1, -0.05) is 19.1 Å². The molecule has 1 aliphatic rings. The number of aliphatic imine (C=N–C) groups is 1. The van der Waals surface area contributed by atoms with Crippen molar-refractivity contribution in [1.82, 2.24) is 5.32 Å². The summed E-state index contributed by atoms with van der Waals surface area (Å²) >= 11 is 4.25. The zero-order chi connectivity index (χ0) is 23.1. The van der Waals surface area contributed by atoms with Crippen LogP contribution in [0.3, 0.4) is 0 Å². The van der Waals surface area contributed by atoms with Gasteiger partial charge in [-0.3, -0.25) is 4.79 Å². The predicted molar refractivity (Wildman–Crippen MR) is 132 cm³/mol. The van der Waals surface area contributed by atoms with Crippen molar-refractivity contribution in [1.29, 1.82) is 0 Å². The number of hydrogen-bond acceptors (Lipinski definition) is 6. The van der Waals surface area contributed by atoms with Gasteiger partial charge in [0, 0.05) is 22.7 Å². The Morgan fingerprint density at radius 2 is 1.84 bits per heavy atom. The lowest BCUT2D eigenvalue weighted by Gasteiger charge is -2.40. The van der Waals surface area contributed by atoms with Crippen LogP contribution in [0.5, 0.6) is 5.75 Å². The van der Waals surface area contributed by atoms with Crippen molar-refractivity contribution >= 4 is 35.7 Å². The highest BCUT2D eigenvalue weighted by Crippen LogP contribution is 2.34. The molecule has 0 heterocycles. The number of nitrogens with one attached hydrogen (secondary N) is 2. The standard InChI is InChI=1S/C24H31N5O2S/c1-2-24(13-11-17(12-14-24)28-20-5-3-4-6-21(20)30)27-15-19(23(26)31)22(25)29-16-7-9-18(32)10-8-16/h3-10,15,17,27-28,30,32H,2,11-14H2,1H3,(H2,25,29)(H2,26,31)/b19-15+. The molecule has 0 unspecified atom stereocenters. The number of primary amides is 1. The van der Waals surface area contributed by atoms with E-state index >= 15 is 0 Å². The first-order valence-electron chi connectivity index (χ1n) is 10.8. The number of nitrogens with two attached hydrogens (primary N) is 2. The van der Waals surface area contributed by atoms with E-state index in [9.17, 15) is 9.90 Å². The minimum atomic E-state index is -0.634. The van der Waals surface area contributed by atoms with Crippen LogP contribution in [0.4, 0.5) is 11.4 Å². The molecule has 2 aromatic carbocycles. The van der Waals surface area contributed by atoms with Crippen molar-refractivity contribution in [3.8, 4) is 5.75 Å². The Bertz CT molecular complexity index is 996. The molecule has 1 amide bonds. The van der Waals surface area contributed by atoms with Gasteiger partial charge < -0.3 is 27.2 Å². The van der Waals surface area contributed by atoms with Gasteiger partial charge in [-0.05, 0) is 68.5 Å². The zero-order valence-corrected chi connectivity index (χ0v) is 19.1. The molecule has 7 N–H and O–H groups in total. The number of amides is 1. The van der Waals surface area contributed by atoms with Gasteiger partial charge in [-0.2, -0.15) is 0 Å². The highest BCUT2D eigenvalue weighted by Gasteiger charge is 2.33. The van der Waals surface area contributed by atoms with Crippen LogP contribution in [0, 0.1) is 0 Å². The molecular formula is C24H31N5O2S. The van der Waals surface area contributed by atoms with Crippen LogP contribution in [-0.4, -0.2) is 28.4 Å². The number of hydrogen-bond donors (Lipinski definition) is 6. The third kappa shape index (κ3) is 5.97. The van der Waals surface area contributed by atoms with E-state index in [1.165, 1.54) is 0 Å². The highest BCUT2D eigenvalue weighted by atomic mass is 32.1. The normalized spacial score (nSPS) is 21.8. The number of phenolic OH excluding ortho intramolecular Hbond substituents is 1. The van der Waals surface area contributed by atoms with Gasteiger partial charge >= 0.3 is 0 Å². The van der Waals surface area contributed by atoms with Crippen LogP contribution in [0.2, 0.25) is 0 Å². The van der Waals surface area contributed by atoms with E-state index < -0.39 is 5.91 Å². The van der Waals surface area contributed by atoms with E-state index in [0.29, 0.717) is 5.69 Å². The predicted octanol–water partition coefficient (Wildman–Crippen LogP) is 3.83. The zero-order valence-electron chi connectivity index (χ0n) is 18.2. The summed E-state index contributed by atoms with van der Waals surface area (Å²) in [5.74, 6) is -0.311. The third-order valence-electron chi connectivity index (χ3n) is 6.05. The average molecular weight is 454 g/mol. The topological polar surface area (TPSA) is 126 Å². The molecule has 7 nitrogen and oxygen atoms in total. The van der Waals surface area contributed by atoms with E-state index in [4.69, 9.17) is 11.5 Å². The lowest BCUT2D eigenvalue weighted by Crippen LogP contribution is -2.47. The van der Waals surface area contributed by atoms with Crippen LogP contribution < -0.4 is 22.1 Å². The van der Waals surface area contributed by atoms with Crippen molar-refractivity contribution in [3.05, 3.63) is 60.3 Å². The first-order chi connectivity index (χ1) is 15.3. The minimum Gasteiger partial charge on any atom is -0.506 e. The van der Waals surface area contributed by atoms with Crippen molar-refractivity contribution in [2.24, 2.45) is 16.5 Å². The first-order valence-corrected chi connectivity index (χ1v) is 11.2. The maximum Gasteiger partial charge on any atom is 0.253 e. The van der Waals surface area contributed by atoms with E-state index in [0.717, 1.165) is 42.7 Å². The maximum absolute atomic E-state index is 12.0. The quantitative estimate of drug-likeness (QED) is 0.119. The van der Waals surface area contributed by atoms with Crippen molar-refractivity contribution in [3.63, 3.8) is 0 Å². The Labute approximate surface area is 194 Å². The summed E-state index contributed by atoms with van der Waals surface area (Å²) in [4.78, 5) is 17.2. The van der Waals surface area contributed by atoms with Crippen LogP contribution in [0.15, 0.2) is 70.2 Å². The molecule has 1 saturated carbocycles. The van der Waals surface area contributed by atoms with Crippen molar-refractivity contribution < 1.29 is 9.90 Å². The molecule has 0 aliphatic heterocycles. The number of carbonyl (C=O) groups is 1. The van der Waals surface area contributed by atoms with Crippen molar-refractivity contribution in [2.45, 2.75) is 55.5 Å². The molecule has 0 aromatic heterocycles. The van der Waals surface area contributed by atoms with Gasteiger partial charge in [0.05, 0.1) is 16.9 Å². The molecule has 0 atom stereocenters. The molecule has 2 aromatic rings. The molecule has 0 radical (unpaired) electrons. The number of amidine groups is 1. The summed E-state index contributed by atoms with van der Waals surface area (Å²) in [5.41, 5.74) is 13.0. The number of thiol groups is 1. The summed E-state index contributed by atoms with van der Waals surface area (Å²) in [6, 6.07) is 14.7. The van der Waals surface area contributed by atoms with Crippen molar-refractivity contribution in [2.75, 3.05) is 5.32 Å². The first kappa shape index (κ1) is 23.5. The summed E-state index contributed by atoms with van der Waals surface area (Å²) in [6.07, 6.45) is 6.15. The molecule has 170 valence electrons. The van der Waals surface area contributed by atoms with Gasteiger partial charge in [0.2, 0.25) is 0 Å². The highest BCUT2D eigenvalue weighted by molar-refractivity contribution is 7.80. The molecule has 1 fully saturated rings. The van der Waals surface area contributed by atoms with E-state index in [2.05, 4.69) is 35.2 Å². The Hall–Kier alpha value is -3.13. The summed E-state index contributed by atoms with van der Waals surface area (Å²) in [5, 5.41) is 16.9. The van der Waals surface area contributed by atoms with E-state index in [1.54, 1.807) is 42.6 Å². The summed E-state index contributed by atoms with van der Waals surface area (Å²) < 4.78 is 0. The maximum atomic E-state index is 12.0. The second-order valence-electron chi connectivity index (χ2n) is 8.15. The van der Waals surface area contributed by atoms with E-state index in [-0.39, 0.29) is 28.7 Å². The molecule has 0 saturated heterocycles. The molecular weight excluding hydrogens is 422 g/mol. The molecule has 32 heavy (non-hydrogen) atoms. The fourth-order valence-corrected chi connectivity index (χ4v) is 4.10. The molecule has 3 rings (SSSR count). The lowest BCUT2D eigenvalue weighted by atomic mass is 9.77. The number of anilines is 1. The van der Waals surface area contributed by atoms with Gasteiger partial charge in [0.15, 0.2) is 0 Å². The number of rotatable bonds is 8. The third-order valence-corrected chi connectivity index (χ3v) is 6.34. The Kier molecular flexibility index (Phi) is 7.69. The fourth-order valence-electron chi connectivity index (χ4n) is 3.95. The second kappa shape index (κ2) is 10.5. The van der Waals surface area contributed by atoms with Gasteiger partial charge in [-0.15, -0.1) is 12.6 Å². The largest absolute Gasteiger partial charge is 0.506 e. The summed E-state index contributed by atoms with van der Waals surface area (Å²) in [6.45, 7) is 2.12. The van der Waals surface area contributed by atoms with Crippen LogP contribution in [0.25, 0.3) is 0 Å². The number of para-hydroxylation sites is 2. The SMILES string of the molecule is CCC1(N/C=C(/C(N)=O)C(N)=Nc2ccc(S)cc2)CCC(Nc2ccccc2O)CC1. The van der Waals surface area contributed by atoms with Gasteiger partial charge in [-0.25, -0.2) is 4.99 Å². The van der Waals surface area contributed by atoms with Gasteiger partial charge in [0.1, 0.15) is 11.6 Å². The molecule has 0 bridgehead atoms. The fraction of sp³-hybridized carbons (Fsp3) is 0.333. The Morgan fingerprint density at radius 3 is 2.44 bits per heavy atom. The number of phenols is 1. The molecule has 0 spiro atoms. The van der Waals surface area contributed by atoms with Crippen LogP contribution in [0.1, 0.15) is 39.0 Å². The Balaban J connectivity index is 1.68. The Morgan fingerprint density at radius 1 is 1.19 bits per heavy atom. The van der Waals surface area contributed by atoms with Crippen LogP contribution in [-0.2, 0) is 4.79 Å². The number of benzene rings is 2. The minimum absolute atomic E-state index is 0.0677. The monoisotopic (exact) mass is 453 g/mol. The van der Waals surface area contributed by atoms with Gasteiger partial charge in [0.25, 0.3) is 5.91 Å². The molecule has 8 heteroatoms. The smallest absolute Gasteiger partial charge is 0.253 e. The lowest BCUT2D eigenvalue weighted by molar-refractivity contribution is -0.114. The average Bonchev–Trinajstić information content (AvgIpc) is 2.78. The summed E-state index contributed by atoms with van der Waals surface area (Å²) in [7, 11) is 0. The second-order valence-corrected chi connectivity index (χ2v) is 8.67. The van der Waals surface area contributed by atoms with E-state index in [1.807, 2.05) is 12.1 Å². The van der Waals surface area contributed by atoms with Crippen LogP contribution >= 0.6 is 12.6 Å². The number of aromatic hydroxyl groups is 1.